The zero-order chi connectivity index (χ0) is 22.9. The molecule has 3 aliphatic rings. The first-order valence-electron chi connectivity index (χ1n) is 13.5. The van der Waals surface area contributed by atoms with Gasteiger partial charge >= 0.3 is 0 Å². The fraction of sp³-hybridized carbons (Fsp3) is 0.655. The number of amides is 1. The molecule has 0 aromatic heterocycles. The van der Waals surface area contributed by atoms with Crippen LogP contribution in [0.4, 0.5) is 0 Å². The Hall–Kier alpha value is -1.94. The van der Waals surface area contributed by atoms with Crippen molar-refractivity contribution in [1.29, 1.82) is 0 Å². The maximum Gasteiger partial charge on any atom is 0.251 e. The molecule has 33 heavy (non-hydrogen) atoms. The van der Waals surface area contributed by atoms with Crippen LogP contribution in [0, 0.1) is 11.8 Å². The van der Waals surface area contributed by atoms with Crippen molar-refractivity contribution >= 4 is 12.1 Å². The van der Waals surface area contributed by atoms with Gasteiger partial charge < -0.3 is 10.4 Å². The normalized spacial score (nSPS) is 22.2. The lowest BCUT2D eigenvalue weighted by atomic mass is 9.85. The largest absolute Gasteiger partial charge is 0.394 e. The van der Waals surface area contributed by atoms with E-state index < -0.39 is 0 Å². The molecule has 4 heteroatoms. The molecule has 4 nitrogen and oxygen atoms in total. The van der Waals surface area contributed by atoms with Crippen LogP contribution in [0.15, 0.2) is 35.0 Å². The number of rotatable bonds is 9. The molecule has 0 saturated heterocycles. The average molecular weight is 451 g/mol. The summed E-state index contributed by atoms with van der Waals surface area (Å²) < 4.78 is 0. The number of aliphatic hydroxyl groups excluding tert-OH is 1. The van der Waals surface area contributed by atoms with Crippen molar-refractivity contribution in [3.8, 4) is 0 Å². The smallest absolute Gasteiger partial charge is 0.251 e. The van der Waals surface area contributed by atoms with E-state index in [2.05, 4.69) is 11.4 Å². The minimum atomic E-state index is -0.154. The van der Waals surface area contributed by atoms with E-state index in [9.17, 15) is 9.90 Å². The van der Waals surface area contributed by atoms with Crippen molar-refractivity contribution in [2.45, 2.75) is 102 Å². The molecular formula is C29H42N2O2. The number of carbonyl (C=O) groups excluding carboxylic acids is 1. The van der Waals surface area contributed by atoms with Gasteiger partial charge in [0.05, 0.1) is 12.6 Å². The van der Waals surface area contributed by atoms with Gasteiger partial charge in [-0.15, -0.1) is 0 Å². The van der Waals surface area contributed by atoms with Crippen LogP contribution in [0.5, 0.6) is 0 Å². The van der Waals surface area contributed by atoms with Crippen molar-refractivity contribution in [3.05, 3.63) is 46.7 Å². The summed E-state index contributed by atoms with van der Waals surface area (Å²) in [5, 5.41) is 12.9. The molecule has 2 N–H and O–H groups in total. The van der Waals surface area contributed by atoms with E-state index in [0.717, 1.165) is 37.2 Å². The van der Waals surface area contributed by atoms with Gasteiger partial charge in [-0.25, -0.2) is 0 Å². The van der Waals surface area contributed by atoms with Gasteiger partial charge in [-0.2, -0.15) is 0 Å². The number of carbonyl (C=O) groups is 1. The average Bonchev–Trinajstić information content (AvgIpc) is 3.34. The van der Waals surface area contributed by atoms with E-state index in [0.29, 0.717) is 11.5 Å². The van der Waals surface area contributed by atoms with Crippen LogP contribution >= 0.6 is 0 Å². The molecule has 2 aliphatic carbocycles. The molecule has 0 unspecified atom stereocenters. The number of nitrogens with zero attached hydrogens (tertiary/aromatic N) is 1. The van der Waals surface area contributed by atoms with Crippen LogP contribution in [0.25, 0.3) is 0 Å². The lowest BCUT2D eigenvalue weighted by Gasteiger charge is -2.26. The van der Waals surface area contributed by atoms with Crippen LogP contribution in [-0.2, 0) is 6.42 Å². The minimum Gasteiger partial charge on any atom is -0.394 e. The quantitative estimate of drug-likeness (QED) is 0.460. The van der Waals surface area contributed by atoms with Crippen molar-refractivity contribution in [2.24, 2.45) is 16.8 Å². The van der Waals surface area contributed by atoms with Gasteiger partial charge in [0.1, 0.15) is 0 Å². The second-order valence-electron chi connectivity index (χ2n) is 10.5. The molecule has 1 amide bonds. The maximum atomic E-state index is 12.9. The highest BCUT2D eigenvalue weighted by molar-refractivity contribution is 5.96. The Labute approximate surface area is 200 Å². The third-order valence-electron chi connectivity index (χ3n) is 7.99. The standard InChI is InChI=1S/C29H42N2O2/c32-21-28(18-23-10-2-1-3-11-23)31-29(33)25-16-17-26-20-30-27(15-7-13-24(26)19-25)14-6-12-22-8-4-5-9-22/h15-17,19-20,22-23,28,32H,1-14,18,21H2,(H,31,33)/b27-15+,30-20?/t28-/m0/s1. The summed E-state index contributed by atoms with van der Waals surface area (Å²) in [5.74, 6) is 1.50. The van der Waals surface area contributed by atoms with Crippen LogP contribution in [-0.4, -0.2) is 29.9 Å². The Kier molecular flexibility index (Phi) is 9.17. The monoisotopic (exact) mass is 450 g/mol. The first kappa shape index (κ1) is 24.2. The van der Waals surface area contributed by atoms with E-state index in [4.69, 9.17) is 4.99 Å². The number of fused-ring (bicyclic) bond motifs is 1. The molecular weight excluding hydrogens is 408 g/mol. The lowest BCUT2D eigenvalue weighted by molar-refractivity contribution is 0.0901. The number of benzene rings is 1. The van der Waals surface area contributed by atoms with Gasteiger partial charge in [-0.05, 0) is 67.2 Å². The highest BCUT2D eigenvalue weighted by Crippen LogP contribution is 2.30. The van der Waals surface area contributed by atoms with Crippen LogP contribution in [0.3, 0.4) is 0 Å². The molecule has 0 radical (unpaired) electrons. The van der Waals surface area contributed by atoms with Crippen molar-refractivity contribution in [2.75, 3.05) is 6.61 Å². The minimum absolute atomic E-state index is 0.00809. The number of aliphatic imine (C=N–C) groups is 1. The first-order chi connectivity index (χ1) is 16.2. The van der Waals surface area contributed by atoms with Gasteiger partial charge in [0.15, 0.2) is 0 Å². The molecule has 1 aliphatic heterocycles. The topological polar surface area (TPSA) is 61.7 Å². The summed E-state index contributed by atoms with van der Waals surface area (Å²) in [4.78, 5) is 17.7. The summed E-state index contributed by atoms with van der Waals surface area (Å²) in [7, 11) is 0. The summed E-state index contributed by atoms with van der Waals surface area (Å²) in [6, 6.07) is 5.80. The van der Waals surface area contributed by atoms with Gasteiger partial charge in [-0.1, -0.05) is 76.4 Å². The van der Waals surface area contributed by atoms with Gasteiger partial charge in [0.25, 0.3) is 5.91 Å². The molecule has 1 aromatic rings. The molecule has 1 heterocycles. The number of aliphatic hydroxyl groups is 1. The molecule has 2 fully saturated rings. The molecule has 1 aromatic carbocycles. The van der Waals surface area contributed by atoms with Crippen LogP contribution < -0.4 is 5.32 Å². The molecule has 4 rings (SSSR count). The van der Waals surface area contributed by atoms with Crippen LogP contribution in [0.2, 0.25) is 0 Å². The fourth-order valence-electron chi connectivity index (χ4n) is 6.00. The lowest BCUT2D eigenvalue weighted by Crippen LogP contribution is -2.39. The molecule has 1 atom stereocenters. The Bertz CT molecular complexity index is 832. The number of nitrogens with one attached hydrogen (secondary N) is 1. The SMILES string of the molecule is O=C(N[C@H](CO)CC1CCCCC1)c1ccc2c(c1)CC/C=C(\CCCC1CCCC1)N=C2. The van der Waals surface area contributed by atoms with Crippen molar-refractivity contribution in [3.63, 3.8) is 0 Å². The van der Waals surface area contributed by atoms with Crippen LogP contribution in [0.1, 0.15) is 111 Å². The molecule has 2 saturated carbocycles. The van der Waals surface area contributed by atoms with Gasteiger partial charge in [0, 0.05) is 17.5 Å². The molecule has 180 valence electrons. The Morgan fingerprint density at radius 1 is 1.06 bits per heavy atom. The molecule has 0 bridgehead atoms. The van der Waals surface area contributed by atoms with E-state index in [1.165, 1.54) is 81.9 Å². The van der Waals surface area contributed by atoms with E-state index in [1.54, 1.807) is 0 Å². The van der Waals surface area contributed by atoms with E-state index >= 15 is 0 Å². The summed E-state index contributed by atoms with van der Waals surface area (Å²) in [6.07, 6.45) is 22.7. The first-order valence-corrected chi connectivity index (χ1v) is 13.5. The predicted molar refractivity (Wildman–Crippen MR) is 136 cm³/mol. The third kappa shape index (κ3) is 7.27. The summed E-state index contributed by atoms with van der Waals surface area (Å²) in [5.41, 5.74) is 4.20. The Balaban J connectivity index is 1.31. The number of aryl methyl sites for hydroxylation is 1. The summed E-state index contributed by atoms with van der Waals surface area (Å²) in [6.45, 7) is 0.00809. The van der Waals surface area contributed by atoms with Crippen molar-refractivity contribution in [1.82, 2.24) is 5.32 Å². The van der Waals surface area contributed by atoms with Crippen molar-refractivity contribution < 1.29 is 9.90 Å². The molecule has 0 spiro atoms. The fourth-order valence-corrected chi connectivity index (χ4v) is 6.00. The zero-order valence-electron chi connectivity index (χ0n) is 20.2. The van der Waals surface area contributed by atoms with Gasteiger partial charge in [0.2, 0.25) is 0 Å². The third-order valence-corrected chi connectivity index (χ3v) is 7.99. The maximum absolute atomic E-state index is 12.9. The number of hydrogen-bond donors (Lipinski definition) is 2. The summed E-state index contributed by atoms with van der Waals surface area (Å²) >= 11 is 0. The second kappa shape index (κ2) is 12.5. The predicted octanol–water partition coefficient (Wildman–Crippen LogP) is 6.36. The highest BCUT2D eigenvalue weighted by atomic mass is 16.3. The Morgan fingerprint density at radius 2 is 1.82 bits per heavy atom. The Morgan fingerprint density at radius 3 is 2.61 bits per heavy atom. The highest BCUT2D eigenvalue weighted by Gasteiger charge is 2.21. The number of hydrogen-bond acceptors (Lipinski definition) is 3. The zero-order valence-corrected chi connectivity index (χ0v) is 20.2. The van der Waals surface area contributed by atoms with E-state index in [-0.39, 0.29) is 18.6 Å². The second-order valence-corrected chi connectivity index (χ2v) is 10.5. The van der Waals surface area contributed by atoms with Gasteiger partial charge in [-0.3, -0.25) is 9.79 Å². The number of allylic oxidation sites excluding steroid dienone is 2. The van der Waals surface area contributed by atoms with E-state index in [1.807, 2.05) is 24.4 Å².